The lowest BCUT2D eigenvalue weighted by molar-refractivity contribution is -0.143. The van der Waals surface area contributed by atoms with Crippen LogP contribution in [-0.4, -0.2) is 76.9 Å². The fourth-order valence-corrected chi connectivity index (χ4v) is 2.88. The smallest absolute Gasteiger partial charge is 0.271 e. The number of oxime groups is 1. The minimum absolute atomic E-state index is 0.0648. The Bertz CT molecular complexity index is 696. The highest BCUT2D eigenvalue weighted by atomic mass is 16.6. The molecule has 0 saturated carbocycles. The lowest BCUT2D eigenvalue weighted by Crippen LogP contribution is -2.43. The summed E-state index contributed by atoms with van der Waals surface area (Å²) in [6, 6.07) is 1.75. The molecule has 0 aliphatic carbocycles. The first kappa shape index (κ1) is 17.4. The van der Waals surface area contributed by atoms with Crippen LogP contribution in [0, 0.1) is 0 Å². The van der Waals surface area contributed by atoms with Gasteiger partial charge in [0.25, 0.3) is 11.8 Å². The van der Waals surface area contributed by atoms with Crippen molar-refractivity contribution in [2.45, 2.75) is 32.5 Å². The van der Waals surface area contributed by atoms with Gasteiger partial charge < -0.3 is 20.0 Å². The van der Waals surface area contributed by atoms with Gasteiger partial charge in [0.2, 0.25) is 6.10 Å². The van der Waals surface area contributed by atoms with Gasteiger partial charge in [0, 0.05) is 26.1 Å². The van der Waals surface area contributed by atoms with Gasteiger partial charge >= 0.3 is 0 Å². The highest BCUT2D eigenvalue weighted by Gasteiger charge is 2.33. The maximum absolute atomic E-state index is 12.5. The van der Waals surface area contributed by atoms with Crippen LogP contribution < -0.4 is 5.32 Å². The van der Waals surface area contributed by atoms with E-state index in [2.05, 4.69) is 15.6 Å². The molecule has 1 aromatic heterocycles. The first-order valence-electron chi connectivity index (χ1n) is 8.42. The zero-order chi connectivity index (χ0) is 18.0. The Balaban J connectivity index is 1.59. The van der Waals surface area contributed by atoms with Crippen LogP contribution in [0.15, 0.2) is 11.2 Å². The van der Waals surface area contributed by atoms with Crippen LogP contribution in [0.4, 0.5) is 0 Å². The second kappa shape index (κ2) is 7.22. The molecule has 0 saturated heterocycles. The van der Waals surface area contributed by atoms with Crippen LogP contribution in [0.25, 0.3) is 0 Å². The van der Waals surface area contributed by atoms with Crippen molar-refractivity contribution >= 4 is 17.5 Å². The molecule has 1 N–H and O–H groups in total. The van der Waals surface area contributed by atoms with E-state index in [9.17, 15) is 9.59 Å². The number of aromatic nitrogens is 2. The van der Waals surface area contributed by atoms with Gasteiger partial charge in [0.05, 0.1) is 24.5 Å². The van der Waals surface area contributed by atoms with Gasteiger partial charge in [-0.25, -0.2) is 0 Å². The number of nitrogens with zero attached hydrogens (tertiary/aromatic N) is 5. The lowest BCUT2D eigenvalue weighted by atomic mass is 10.1. The van der Waals surface area contributed by atoms with Crippen molar-refractivity contribution in [2.75, 3.05) is 33.7 Å². The molecule has 25 heavy (non-hydrogen) atoms. The first-order valence-corrected chi connectivity index (χ1v) is 8.42. The summed E-state index contributed by atoms with van der Waals surface area (Å²) < 4.78 is 1.79. The number of hydrogen-bond donors (Lipinski definition) is 1. The van der Waals surface area contributed by atoms with Gasteiger partial charge in [-0.15, -0.1) is 0 Å². The molecule has 2 amide bonds. The van der Waals surface area contributed by atoms with Gasteiger partial charge in [-0.1, -0.05) is 5.16 Å². The van der Waals surface area contributed by atoms with E-state index in [0.717, 1.165) is 18.0 Å². The first-order chi connectivity index (χ1) is 11.9. The molecule has 3 heterocycles. The molecular formula is C16H24N6O3. The third-order valence-corrected chi connectivity index (χ3v) is 4.28. The van der Waals surface area contributed by atoms with Crippen LogP contribution in [0.1, 0.15) is 29.5 Å². The van der Waals surface area contributed by atoms with Crippen molar-refractivity contribution < 1.29 is 14.4 Å². The lowest BCUT2D eigenvalue weighted by Gasteiger charge is -2.28. The molecular weight excluding hydrogens is 324 g/mol. The van der Waals surface area contributed by atoms with Gasteiger partial charge in [0.15, 0.2) is 5.69 Å². The van der Waals surface area contributed by atoms with Gasteiger partial charge in [-0.3, -0.25) is 14.3 Å². The topological polar surface area (TPSA) is 92.1 Å². The number of amides is 2. The van der Waals surface area contributed by atoms with Crippen molar-refractivity contribution in [3.05, 3.63) is 17.5 Å². The average molecular weight is 348 g/mol. The van der Waals surface area contributed by atoms with Crippen LogP contribution >= 0.6 is 0 Å². The van der Waals surface area contributed by atoms with Crippen molar-refractivity contribution in [3.8, 4) is 0 Å². The fourth-order valence-electron chi connectivity index (χ4n) is 2.88. The standard InChI is InChI=1S/C16H24N6O3/c1-11-8-14(25-19-11)16(24)21-6-7-22-12(10-21)9-13(18-22)15(23)17-4-5-20(2)3/h9,14H,4-8,10H2,1-3H3,(H,17,23)/t14-/m1/s1. The number of carbonyl (C=O) groups is 2. The van der Waals surface area contributed by atoms with Crippen molar-refractivity contribution in [1.82, 2.24) is 24.9 Å². The second-order valence-electron chi connectivity index (χ2n) is 6.69. The number of hydrogen-bond acceptors (Lipinski definition) is 6. The molecule has 2 aliphatic heterocycles. The van der Waals surface area contributed by atoms with Crippen LogP contribution in [0.3, 0.4) is 0 Å². The Kier molecular flexibility index (Phi) is 5.03. The van der Waals surface area contributed by atoms with Crippen LogP contribution in [-0.2, 0) is 22.7 Å². The number of fused-ring (bicyclic) bond motifs is 1. The quantitative estimate of drug-likeness (QED) is 0.787. The third kappa shape index (κ3) is 3.98. The summed E-state index contributed by atoms with van der Waals surface area (Å²) in [6.07, 6.45) is 0.0111. The van der Waals surface area contributed by atoms with E-state index in [1.807, 2.05) is 25.9 Å². The molecule has 0 fully saturated rings. The molecule has 0 bridgehead atoms. The predicted molar refractivity (Wildman–Crippen MR) is 91.1 cm³/mol. The molecule has 0 radical (unpaired) electrons. The van der Waals surface area contributed by atoms with Gasteiger partial charge in [-0.05, 0) is 27.1 Å². The maximum atomic E-state index is 12.5. The van der Waals surface area contributed by atoms with Crippen LogP contribution in [0.5, 0.6) is 0 Å². The van der Waals surface area contributed by atoms with E-state index in [4.69, 9.17) is 4.84 Å². The van der Waals surface area contributed by atoms with E-state index >= 15 is 0 Å². The molecule has 0 spiro atoms. The molecule has 0 aromatic carbocycles. The highest BCUT2D eigenvalue weighted by molar-refractivity contribution is 5.93. The van der Waals surface area contributed by atoms with Crippen molar-refractivity contribution in [1.29, 1.82) is 0 Å². The average Bonchev–Trinajstić information content (AvgIpc) is 3.19. The molecule has 9 heteroatoms. The number of nitrogens with one attached hydrogen (secondary N) is 1. The highest BCUT2D eigenvalue weighted by Crippen LogP contribution is 2.18. The second-order valence-corrected chi connectivity index (χ2v) is 6.69. The maximum Gasteiger partial charge on any atom is 0.271 e. The van der Waals surface area contributed by atoms with E-state index in [0.29, 0.717) is 38.3 Å². The molecule has 2 aliphatic rings. The SMILES string of the molecule is CC1=NO[C@@H](C(=O)N2CCn3nc(C(=O)NCCN(C)C)cc3C2)C1. The third-order valence-electron chi connectivity index (χ3n) is 4.28. The summed E-state index contributed by atoms with van der Waals surface area (Å²) in [5.41, 5.74) is 2.07. The summed E-state index contributed by atoms with van der Waals surface area (Å²) in [4.78, 5) is 33.6. The minimum atomic E-state index is -0.525. The molecule has 9 nitrogen and oxygen atoms in total. The van der Waals surface area contributed by atoms with Crippen molar-refractivity contribution in [3.63, 3.8) is 0 Å². The Morgan fingerprint density at radius 2 is 2.20 bits per heavy atom. The molecule has 1 atom stereocenters. The summed E-state index contributed by atoms with van der Waals surface area (Å²) in [5.74, 6) is -0.255. The Hall–Kier alpha value is -2.42. The number of likely N-dealkylation sites (N-methyl/N-ethyl adjacent to an activating group) is 1. The molecule has 1 aromatic rings. The largest absolute Gasteiger partial charge is 0.382 e. The molecule has 3 rings (SSSR count). The number of rotatable bonds is 5. The zero-order valence-corrected chi connectivity index (χ0v) is 14.9. The predicted octanol–water partition coefficient (Wildman–Crippen LogP) is -0.318. The minimum Gasteiger partial charge on any atom is -0.382 e. The van der Waals surface area contributed by atoms with Crippen molar-refractivity contribution in [2.24, 2.45) is 5.16 Å². The summed E-state index contributed by atoms with van der Waals surface area (Å²) in [5, 5.41) is 11.0. The Labute approximate surface area is 146 Å². The zero-order valence-electron chi connectivity index (χ0n) is 14.9. The van der Waals surface area contributed by atoms with Crippen LogP contribution in [0.2, 0.25) is 0 Å². The number of carbonyl (C=O) groups excluding carboxylic acids is 2. The molecule has 0 unspecified atom stereocenters. The van der Waals surface area contributed by atoms with Gasteiger partial charge in [-0.2, -0.15) is 5.10 Å². The Morgan fingerprint density at radius 1 is 1.40 bits per heavy atom. The van der Waals surface area contributed by atoms with E-state index in [-0.39, 0.29) is 11.8 Å². The van der Waals surface area contributed by atoms with E-state index < -0.39 is 6.10 Å². The van der Waals surface area contributed by atoms with E-state index in [1.54, 1.807) is 15.6 Å². The summed E-state index contributed by atoms with van der Waals surface area (Å²) in [7, 11) is 3.90. The summed E-state index contributed by atoms with van der Waals surface area (Å²) in [6.45, 7) is 4.73. The van der Waals surface area contributed by atoms with Gasteiger partial charge in [0.1, 0.15) is 0 Å². The monoisotopic (exact) mass is 348 g/mol. The normalized spacial score (nSPS) is 19.4. The molecule has 136 valence electrons. The fraction of sp³-hybridized carbons (Fsp3) is 0.625. The van der Waals surface area contributed by atoms with E-state index in [1.165, 1.54) is 0 Å². The Morgan fingerprint density at radius 3 is 2.88 bits per heavy atom. The summed E-state index contributed by atoms with van der Waals surface area (Å²) >= 11 is 0.